The van der Waals surface area contributed by atoms with E-state index in [-0.39, 0.29) is 23.5 Å². The maximum absolute atomic E-state index is 12.9. The highest BCUT2D eigenvalue weighted by atomic mass is 35.5. The fourth-order valence-corrected chi connectivity index (χ4v) is 4.64. The van der Waals surface area contributed by atoms with E-state index >= 15 is 0 Å². The minimum atomic E-state index is -3.74. The quantitative estimate of drug-likeness (QED) is 0.611. The van der Waals surface area contributed by atoms with Crippen LogP contribution in [0.2, 0.25) is 5.02 Å². The van der Waals surface area contributed by atoms with Gasteiger partial charge in [-0.2, -0.15) is 4.31 Å². The van der Waals surface area contributed by atoms with Crippen molar-refractivity contribution in [2.45, 2.75) is 37.3 Å². The molecule has 1 amide bonds. The molecule has 2 aromatic rings. The monoisotopic (exact) mass is 466 g/mol. The predicted molar refractivity (Wildman–Crippen MR) is 119 cm³/mol. The second-order valence-electron chi connectivity index (χ2n) is 7.32. The van der Waals surface area contributed by atoms with Gasteiger partial charge in [0.2, 0.25) is 10.0 Å². The number of benzene rings is 2. The van der Waals surface area contributed by atoms with E-state index in [9.17, 15) is 13.2 Å². The number of rotatable bonds is 9. The number of amides is 1. The molecule has 31 heavy (non-hydrogen) atoms. The van der Waals surface area contributed by atoms with Crippen LogP contribution in [0.15, 0.2) is 47.4 Å². The molecule has 1 heterocycles. The molecule has 1 atom stereocenters. The maximum Gasteiger partial charge on any atom is 0.251 e. The van der Waals surface area contributed by atoms with Gasteiger partial charge in [0.25, 0.3) is 5.91 Å². The van der Waals surface area contributed by atoms with Crippen LogP contribution in [0.1, 0.15) is 35.7 Å². The third-order valence-electron chi connectivity index (χ3n) is 5.05. The Bertz CT molecular complexity index is 1010. The van der Waals surface area contributed by atoms with Crippen LogP contribution in [0.4, 0.5) is 0 Å². The number of halogens is 1. The molecule has 1 fully saturated rings. The molecule has 1 aliphatic rings. The van der Waals surface area contributed by atoms with Crippen LogP contribution in [0.5, 0.6) is 5.75 Å². The summed E-state index contributed by atoms with van der Waals surface area (Å²) in [4.78, 5) is 12.7. The molecule has 1 N–H and O–H groups in total. The smallest absolute Gasteiger partial charge is 0.251 e. The van der Waals surface area contributed by atoms with Gasteiger partial charge in [0.1, 0.15) is 5.75 Å². The number of carbonyl (C=O) groups excluding carboxylic acids is 1. The molecule has 0 saturated carbocycles. The first kappa shape index (κ1) is 23.5. The summed E-state index contributed by atoms with van der Waals surface area (Å²) in [6.45, 7) is 3.49. The van der Waals surface area contributed by atoms with Gasteiger partial charge in [0, 0.05) is 42.9 Å². The lowest BCUT2D eigenvalue weighted by Crippen LogP contribution is -2.32. The van der Waals surface area contributed by atoms with Gasteiger partial charge in [-0.15, -0.1) is 0 Å². The largest absolute Gasteiger partial charge is 0.494 e. The van der Waals surface area contributed by atoms with Crippen LogP contribution in [0, 0.1) is 0 Å². The molecule has 0 bridgehead atoms. The number of nitrogens with zero attached hydrogens (tertiary/aromatic N) is 1. The molecule has 0 radical (unpaired) electrons. The van der Waals surface area contributed by atoms with E-state index in [1.54, 1.807) is 18.2 Å². The van der Waals surface area contributed by atoms with Crippen molar-refractivity contribution in [2.75, 3.05) is 26.8 Å². The average molecular weight is 467 g/mol. The Morgan fingerprint density at radius 3 is 2.65 bits per heavy atom. The first-order chi connectivity index (χ1) is 14.8. The standard InChI is InChI=1S/C22H27ClN2O5S/c1-3-29-21-11-6-16(22(26)24-14-19-5-4-12-30-19)13-17(21)15-25(2)31(27,28)20-9-7-18(23)8-10-20/h6-11,13,19H,3-5,12,14-15H2,1-2H3,(H,24,26)/t19-/m1/s1. The molecule has 3 rings (SSSR count). The second kappa shape index (κ2) is 10.5. The molecule has 0 aliphatic carbocycles. The van der Waals surface area contributed by atoms with Crippen LogP contribution < -0.4 is 10.1 Å². The van der Waals surface area contributed by atoms with Crippen LogP contribution in [-0.4, -0.2) is 51.5 Å². The van der Waals surface area contributed by atoms with E-state index in [4.69, 9.17) is 21.1 Å². The zero-order chi connectivity index (χ0) is 22.4. The highest BCUT2D eigenvalue weighted by molar-refractivity contribution is 7.89. The van der Waals surface area contributed by atoms with Gasteiger partial charge >= 0.3 is 0 Å². The van der Waals surface area contributed by atoms with E-state index in [0.717, 1.165) is 19.4 Å². The molecule has 0 unspecified atom stereocenters. The Balaban J connectivity index is 1.78. The summed E-state index contributed by atoms with van der Waals surface area (Å²) < 4.78 is 38.3. The lowest BCUT2D eigenvalue weighted by molar-refractivity contribution is 0.0857. The first-order valence-electron chi connectivity index (χ1n) is 10.2. The summed E-state index contributed by atoms with van der Waals surface area (Å²) in [7, 11) is -2.25. The maximum atomic E-state index is 12.9. The Kier molecular flexibility index (Phi) is 7.94. The van der Waals surface area contributed by atoms with Crippen molar-refractivity contribution in [1.82, 2.24) is 9.62 Å². The van der Waals surface area contributed by atoms with Crippen molar-refractivity contribution in [2.24, 2.45) is 0 Å². The summed E-state index contributed by atoms with van der Waals surface area (Å²) in [5.41, 5.74) is 1.04. The zero-order valence-corrected chi connectivity index (χ0v) is 19.2. The third kappa shape index (κ3) is 5.98. The number of hydrogen-bond acceptors (Lipinski definition) is 5. The summed E-state index contributed by atoms with van der Waals surface area (Å²) >= 11 is 5.87. The van der Waals surface area contributed by atoms with Gasteiger partial charge in [-0.05, 0) is 62.2 Å². The molecule has 7 nitrogen and oxygen atoms in total. The van der Waals surface area contributed by atoms with E-state index < -0.39 is 10.0 Å². The number of carbonyl (C=O) groups is 1. The summed E-state index contributed by atoms with van der Waals surface area (Å²) in [5, 5.41) is 3.35. The van der Waals surface area contributed by atoms with Crippen LogP contribution in [0.25, 0.3) is 0 Å². The van der Waals surface area contributed by atoms with E-state index in [1.165, 1.54) is 35.6 Å². The van der Waals surface area contributed by atoms with Gasteiger partial charge in [-0.3, -0.25) is 4.79 Å². The number of hydrogen-bond donors (Lipinski definition) is 1. The second-order valence-corrected chi connectivity index (χ2v) is 9.80. The molecule has 2 aromatic carbocycles. The molecular formula is C22H27ClN2O5S. The van der Waals surface area contributed by atoms with Crippen molar-refractivity contribution in [1.29, 1.82) is 0 Å². The van der Waals surface area contributed by atoms with Crippen LogP contribution in [-0.2, 0) is 21.3 Å². The fraction of sp³-hybridized carbons (Fsp3) is 0.409. The van der Waals surface area contributed by atoms with Gasteiger partial charge in [0.05, 0.1) is 17.6 Å². The predicted octanol–water partition coefficient (Wildman–Crippen LogP) is 3.47. The molecule has 0 spiro atoms. The van der Waals surface area contributed by atoms with E-state index in [2.05, 4.69) is 5.32 Å². The molecular weight excluding hydrogens is 440 g/mol. The van der Waals surface area contributed by atoms with Gasteiger partial charge < -0.3 is 14.8 Å². The topological polar surface area (TPSA) is 84.9 Å². The molecule has 1 aliphatic heterocycles. The fourth-order valence-electron chi connectivity index (χ4n) is 3.37. The minimum Gasteiger partial charge on any atom is -0.494 e. The van der Waals surface area contributed by atoms with E-state index in [0.29, 0.717) is 35.1 Å². The highest BCUT2D eigenvalue weighted by Gasteiger charge is 2.23. The molecule has 168 valence electrons. The van der Waals surface area contributed by atoms with E-state index in [1.807, 2.05) is 6.92 Å². The molecule has 1 saturated heterocycles. The highest BCUT2D eigenvalue weighted by Crippen LogP contribution is 2.25. The number of sulfonamides is 1. The average Bonchev–Trinajstić information content (AvgIpc) is 3.27. The summed E-state index contributed by atoms with van der Waals surface area (Å²) in [5.74, 6) is 0.305. The normalized spacial score (nSPS) is 16.5. The SMILES string of the molecule is CCOc1ccc(C(=O)NC[C@H]2CCCO2)cc1CN(C)S(=O)(=O)c1ccc(Cl)cc1. The molecule has 9 heteroatoms. The number of nitrogens with one attached hydrogen (secondary N) is 1. The Morgan fingerprint density at radius 2 is 2.00 bits per heavy atom. The first-order valence-corrected chi connectivity index (χ1v) is 12.0. The lowest BCUT2D eigenvalue weighted by atomic mass is 10.1. The third-order valence-corrected chi connectivity index (χ3v) is 7.12. The minimum absolute atomic E-state index is 0.0433. The Morgan fingerprint density at radius 1 is 1.26 bits per heavy atom. The van der Waals surface area contributed by atoms with Crippen molar-refractivity contribution in [3.8, 4) is 5.75 Å². The van der Waals surface area contributed by atoms with Crippen molar-refractivity contribution < 1.29 is 22.7 Å². The molecule has 0 aromatic heterocycles. The summed E-state index contributed by atoms with van der Waals surface area (Å²) in [6, 6.07) is 11.0. The van der Waals surface area contributed by atoms with Crippen molar-refractivity contribution in [3.05, 3.63) is 58.6 Å². The van der Waals surface area contributed by atoms with Crippen molar-refractivity contribution >= 4 is 27.5 Å². The zero-order valence-electron chi connectivity index (χ0n) is 17.6. The lowest BCUT2D eigenvalue weighted by Gasteiger charge is -2.20. The Hall–Kier alpha value is -2.13. The van der Waals surface area contributed by atoms with Crippen LogP contribution in [0.3, 0.4) is 0 Å². The summed E-state index contributed by atoms with van der Waals surface area (Å²) in [6.07, 6.45) is 1.98. The van der Waals surface area contributed by atoms with Crippen LogP contribution >= 0.6 is 11.6 Å². The van der Waals surface area contributed by atoms with Gasteiger partial charge in [-0.25, -0.2) is 8.42 Å². The van der Waals surface area contributed by atoms with Gasteiger partial charge in [-0.1, -0.05) is 11.6 Å². The van der Waals surface area contributed by atoms with Crippen molar-refractivity contribution in [3.63, 3.8) is 0 Å². The van der Waals surface area contributed by atoms with Gasteiger partial charge in [0.15, 0.2) is 0 Å². The number of ether oxygens (including phenoxy) is 2. The Labute approximate surface area is 188 Å².